The van der Waals surface area contributed by atoms with Crippen molar-refractivity contribution in [3.05, 3.63) is 118 Å². The molecule has 0 saturated carbocycles. The SMILES string of the molecule is COc1ccc(-c2ccccc2I)cc1.O=S(=O)(O)c1ccc(Cc2ccccc2)cc1. The van der Waals surface area contributed by atoms with Crippen molar-refractivity contribution in [3.63, 3.8) is 0 Å². The molecule has 1 N–H and O–H groups in total. The van der Waals surface area contributed by atoms with E-state index in [0.29, 0.717) is 0 Å². The summed E-state index contributed by atoms with van der Waals surface area (Å²) in [6.45, 7) is 0. The molecule has 32 heavy (non-hydrogen) atoms. The molecule has 0 amide bonds. The predicted molar refractivity (Wildman–Crippen MR) is 137 cm³/mol. The van der Waals surface area contributed by atoms with Crippen LogP contribution >= 0.6 is 22.6 Å². The van der Waals surface area contributed by atoms with Crippen molar-refractivity contribution >= 4 is 32.7 Å². The standard InChI is InChI=1S/C13H11IO.C13H12O3S/c1-15-11-8-6-10(7-9-11)12-4-2-3-5-13(12)14;14-17(15,16)13-8-6-12(7-9-13)10-11-4-2-1-3-5-11/h2-9H,1H3;1-9H,10H2,(H,14,15,16). The zero-order valence-electron chi connectivity index (χ0n) is 17.5. The Morgan fingerprint density at radius 1 is 0.750 bits per heavy atom. The lowest BCUT2D eigenvalue weighted by Crippen LogP contribution is -1.98. The highest BCUT2D eigenvalue weighted by Crippen LogP contribution is 2.26. The van der Waals surface area contributed by atoms with E-state index in [1.54, 1.807) is 19.2 Å². The van der Waals surface area contributed by atoms with Crippen LogP contribution in [0.3, 0.4) is 0 Å². The lowest BCUT2D eigenvalue weighted by atomic mass is 10.1. The van der Waals surface area contributed by atoms with E-state index >= 15 is 0 Å². The molecule has 0 aromatic heterocycles. The van der Waals surface area contributed by atoms with Crippen LogP contribution in [0.5, 0.6) is 5.75 Å². The summed E-state index contributed by atoms with van der Waals surface area (Å²) in [5.74, 6) is 0.893. The first-order valence-corrected chi connectivity index (χ1v) is 12.4. The fraction of sp³-hybridized carbons (Fsp3) is 0.0769. The van der Waals surface area contributed by atoms with E-state index in [9.17, 15) is 8.42 Å². The van der Waals surface area contributed by atoms with Gasteiger partial charge < -0.3 is 4.74 Å². The topological polar surface area (TPSA) is 63.6 Å². The van der Waals surface area contributed by atoms with Crippen molar-refractivity contribution in [2.45, 2.75) is 11.3 Å². The summed E-state index contributed by atoms with van der Waals surface area (Å²) in [5, 5.41) is 0. The largest absolute Gasteiger partial charge is 0.497 e. The second-order valence-electron chi connectivity index (χ2n) is 6.99. The summed E-state index contributed by atoms with van der Waals surface area (Å²) in [4.78, 5) is -0.0747. The van der Waals surface area contributed by atoms with Gasteiger partial charge in [0.05, 0.1) is 12.0 Å². The Balaban J connectivity index is 0.000000182. The number of rotatable bonds is 5. The quantitative estimate of drug-likeness (QED) is 0.225. The van der Waals surface area contributed by atoms with E-state index in [0.717, 1.165) is 23.3 Å². The second kappa shape index (κ2) is 11.3. The first kappa shape index (κ1) is 24.0. The van der Waals surface area contributed by atoms with Gasteiger partial charge in [0.1, 0.15) is 5.75 Å². The molecular formula is C26H23IO4S. The maximum atomic E-state index is 10.9. The average Bonchev–Trinajstić information content (AvgIpc) is 2.80. The molecule has 0 aliphatic rings. The molecule has 0 unspecified atom stereocenters. The van der Waals surface area contributed by atoms with Crippen LogP contribution in [0.1, 0.15) is 11.1 Å². The van der Waals surface area contributed by atoms with Gasteiger partial charge in [0.15, 0.2) is 0 Å². The van der Waals surface area contributed by atoms with Crippen molar-refractivity contribution in [1.82, 2.24) is 0 Å². The molecule has 0 aliphatic heterocycles. The maximum Gasteiger partial charge on any atom is 0.294 e. The van der Waals surface area contributed by atoms with Crippen molar-refractivity contribution in [1.29, 1.82) is 0 Å². The lowest BCUT2D eigenvalue weighted by molar-refractivity contribution is 0.415. The van der Waals surface area contributed by atoms with E-state index in [2.05, 4.69) is 59.0 Å². The first-order chi connectivity index (χ1) is 15.4. The number of hydrogen-bond acceptors (Lipinski definition) is 3. The number of methoxy groups -OCH3 is 1. The summed E-state index contributed by atoms with van der Waals surface area (Å²) in [6, 6.07) is 32.6. The fourth-order valence-corrected chi connectivity index (χ4v) is 4.26. The summed E-state index contributed by atoms with van der Waals surface area (Å²) >= 11 is 2.35. The van der Waals surface area contributed by atoms with Gasteiger partial charge in [-0.1, -0.05) is 72.8 Å². The number of halogens is 1. The van der Waals surface area contributed by atoms with Gasteiger partial charge in [-0.05, 0) is 81.6 Å². The molecule has 0 saturated heterocycles. The highest BCUT2D eigenvalue weighted by Gasteiger charge is 2.08. The molecule has 0 spiro atoms. The normalized spacial score (nSPS) is 10.7. The van der Waals surface area contributed by atoms with Crippen LogP contribution < -0.4 is 4.74 Å². The molecule has 0 aliphatic carbocycles. The van der Waals surface area contributed by atoms with Gasteiger partial charge in [-0.25, -0.2) is 0 Å². The monoisotopic (exact) mass is 558 g/mol. The third-order valence-electron chi connectivity index (χ3n) is 4.75. The van der Waals surface area contributed by atoms with E-state index in [4.69, 9.17) is 9.29 Å². The molecule has 0 bridgehead atoms. The minimum absolute atomic E-state index is 0.0747. The molecule has 0 radical (unpaired) electrons. The molecular weight excluding hydrogens is 535 g/mol. The van der Waals surface area contributed by atoms with Crippen LogP contribution in [0.2, 0.25) is 0 Å². The Labute approximate surface area is 202 Å². The Bertz CT molecular complexity index is 1240. The average molecular weight is 558 g/mol. The summed E-state index contributed by atoms with van der Waals surface area (Å²) in [6.07, 6.45) is 0.743. The molecule has 4 aromatic rings. The Morgan fingerprint density at radius 3 is 1.88 bits per heavy atom. The van der Waals surface area contributed by atoms with Gasteiger partial charge in [-0.2, -0.15) is 8.42 Å². The third kappa shape index (κ3) is 6.91. The van der Waals surface area contributed by atoms with E-state index in [1.807, 2.05) is 42.5 Å². The van der Waals surface area contributed by atoms with Crippen LogP contribution in [0, 0.1) is 3.57 Å². The Hall–Kier alpha value is -2.68. The summed E-state index contributed by atoms with van der Waals surface area (Å²) in [5.41, 5.74) is 4.65. The minimum atomic E-state index is -4.09. The Morgan fingerprint density at radius 2 is 1.31 bits per heavy atom. The smallest absolute Gasteiger partial charge is 0.294 e. The van der Waals surface area contributed by atoms with Crippen LogP contribution in [0.25, 0.3) is 11.1 Å². The van der Waals surface area contributed by atoms with Crippen LogP contribution in [-0.2, 0) is 16.5 Å². The van der Waals surface area contributed by atoms with Crippen LogP contribution in [0.15, 0.2) is 108 Å². The van der Waals surface area contributed by atoms with Crippen LogP contribution in [0.4, 0.5) is 0 Å². The van der Waals surface area contributed by atoms with Gasteiger partial charge in [0, 0.05) is 3.57 Å². The lowest BCUT2D eigenvalue weighted by Gasteiger charge is -2.05. The second-order valence-corrected chi connectivity index (χ2v) is 9.57. The predicted octanol–water partition coefficient (Wildman–Crippen LogP) is 6.49. The number of hydrogen-bond donors (Lipinski definition) is 1. The van der Waals surface area contributed by atoms with Gasteiger partial charge in [0.2, 0.25) is 0 Å². The zero-order chi connectivity index (χ0) is 23.0. The molecule has 0 atom stereocenters. The van der Waals surface area contributed by atoms with Crippen molar-refractivity contribution < 1.29 is 17.7 Å². The summed E-state index contributed by atoms with van der Waals surface area (Å²) < 4.78 is 37.0. The van der Waals surface area contributed by atoms with Crippen molar-refractivity contribution in [3.8, 4) is 16.9 Å². The number of benzene rings is 4. The molecule has 0 heterocycles. The van der Waals surface area contributed by atoms with E-state index in [-0.39, 0.29) is 4.90 Å². The van der Waals surface area contributed by atoms with Crippen LogP contribution in [-0.4, -0.2) is 20.1 Å². The van der Waals surface area contributed by atoms with Gasteiger partial charge in [0.25, 0.3) is 10.1 Å². The van der Waals surface area contributed by atoms with E-state index < -0.39 is 10.1 Å². The molecule has 4 aromatic carbocycles. The van der Waals surface area contributed by atoms with E-state index in [1.165, 1.54) is 26.8 Å². The minimum Gasteiger partial charge on any atom is -0.497 e. The maximum absolute atomic E-state index is 10.9. The van der Waals surface area contributed by atoms with Gasteiger partial charge >= 0.3 is 0 Å². The van der Waals surface area contributed by atoms with Crippen molar-refractivity contribution in [2.24, 2.45) is 0 Å². The van der Waals surface area contributed by atoms with Crippen molar-refractivity contribution in [2.75, 3.05) is 7.11 Å². The Kier molecular flexibility index (Phi) is 8.44. The molecule has 6 heteroatoms. The van der Waals surface area contributed by atoms with Gasteiger partial charge in [-0.3, -0.25) is 4.55 Å². The molecule has 0 fully saturated rings. The molecule has 4 nitrogen and oxygen atoms in total. The summed E-state index contributed by atoms with van der Waals surface area (Å²) in [7, 11) is -2.41. The third-order valence-corrected chi connectivity index (χ3v) is 6.56. The highest BCUT2D eigenvalue weighted by molar-refractivity contribution is 14.1. The molecule has 4 rings (SSSR count). The number of ether oxygens (including phenoxy) is 1. The van der Waals surface area contributed by atoms with Gasteiger partial charge in [-0.15, -0.1) is 0 Å². The molecule has 164 valence electrons. The zero-order valence-corrected chi connectivity index (χ0v) is 20.5. The highest BCUT2D eigenvalue weighted by atomic mass is 127. The fourth-order valence-electron chi connectivity index (χ4n) is 3.08. The first-order valence-electron chi connectivity index (χ1n) is 9.86.